The molecule has 2 N–H and O–H groups in total. The molecule has 3 rings (SSSR count). The highest BCUT2D eigenvalue weighted by molar-refractivity contribution is 5.64. The van der Waals surface area contributed by atoms with E-state index in [4.69, 9.17) is 4.74 Å². The van der Waals surface area contributed by atoms with Crippen molar-refractivity contribution in [2.24, 2.45) is 0 Å². The Bertz CT molecular complexity index is 850. The highest BCUT2D eigenvalue weighted by Crippen LogP contribution is 2.27. The third-order valence-corrected chi connectivity index (χ3v) is 3.46. The molecule has 1 aromatic heterocycles. The average Bonchev–Trinajstić information content (AvgIpc) is 2.59. The first-order valence-corrected chi connectivity index (χ1v) is 8.17. The van der Waals surface area contributed by atoms with Gasteiger partial charge < -0.3 is 15.4 Å². The number of nitrogens with zero attached hydrogens (tertiary/aromatic N) is 3. The van der Waals surface area contributed by atoms with Gasteiger partial charge in [0.1, 0.15) is 5.75 Å². The Morgan fingerprint density at radius 1 is 0.920 bits per heavy atom. The quantitative estimate of drug-likeness (QED) is 0.693. The van der Waals surface area contributed by atoms with Crippen LogP contribution in [0.25, 0.3) is 0 Å². The van der Waals surface area contributed by atoms with Gasteiger partial charge >= 0.3 is 0 Å². The van der Waals surface area contributed by atoms with Gasteiger partial charge in [-0.25, -0.2) is 0 Å². The van der Waals surface area contributed by atoms with Gasteiger partial charge in [-0.05, 0) is 44.5 Å². The van der Waals surface area contributed by atoms with Crippen LogP contribution in [0, 0.1) is 6.92 Å². The minimum absolute atomic E-state index is 0.0797. The fourth-order valence-electron chi connectivity index (χ4n) is 2.31. The number of rotatable bonds is 6. The molecule has 3 aromatic rings. The highest BCUT2D eigenvalue weighted by Gasteiger charge is 2.08. The molecule has 0 radical (unpaired) electrons. The fraction of sp³-hybridized carbons (Fsp3) is 0.211. The summed E-state index contributed by atoms with van der Waals surface area (Å²) in [5.74, 6) is 1.77. The number of hydrogen-bond donors (Lipinski definition) is 2. The number of aromatic nitrogens is 3. The molecule has 0 atom stereocenters. The number of anilines is 4. The summed E-state index contributed by atoms with van der Waals surface area (Å²) in [6.45, 7) is 6.01. The van der Waals surface area contributed by atoms with Crippen LogP contribution in [0.15, 0.2) is 54.7 Å². The zero-order valence-electron chi connectivity index (χ0n) is 14.5. The van der Waals surface area contributed by atoms with Crippen LogP contribution >= 0.6 is 0 Å². The van der Waals surface area contributed by atoms with E-state index in [-0.39, 0.29) is 6.10 Å². The normalized spacial score (nSPS) is 10.6. The summed E-state index contributed by atoms with van der Waals surface area (Å²) in [7, 11) is 0. The number of hydrogen-bond acceptors (Lipinski definition) is 6. The molecule has 0 saturated carbocycles. The van der Waals surface area contributed by atoms with Gasteiger partial charge in [-0.1, -0.05) is 30.3 Å². The second kappa shape index (κ2) is 7.61. The SMILES string of the molecule is Cc1ccccc1Nc1cnnc(Nc2ccccc2OC(C)C)n1. The molecule has 1 heterocycles. The van der Waals surface area contributed by atoms with Gasteiger partial charge in [0.15, 0.2) is 5.82 Å². The summed E-state index contributed by atoms with van der Waals surface area (Å²) in [5.41, 5.74) is 2.91. The first-order valence-electron chi connectivity index (χ1n) is 8.17. The molecule has 2 aromatic carbocycles. The maximum absolute atomic E-state index is 5.81. The lowest BCUT2D eigenvalue weighted by Crippen LogP contribution is -2.08. The Balaban J connectivity index is 1.80. The molecule has 0 amide bonds. The molecule has 0 unspecified atom stereocenters. The Morgan fingerprint density at radius 2 is 1.64 bits per heavy atom. The van der Waals surface area contributed by atoms with Gasteiger partial charge in [0.05, 0.1) is 18.0 Å². The van der Waals surface area contributed by atoms with Crippen molar-refractivity contribution in [2.45, 2.75) is 26.9 Å². The molecule has 0 fully saturated rings. The van der Waals surface area contributed by atoms with Crippen LogP contribution < -0.4 is 15.4 Å². The predicted octanol–water partition coefficient (Wildman–Crippen LogP) is 4.45. The van der Waals surface area contributed by atoms with Crippen molar-refractivity contribution in [1.29, 1.82) is 0 Å². The molecule has 128 valence electrons. The van der Waals surface area contributed by atoms with Crippen molar-refractivity contribution < 1.29 is 4.74 Å². The first-order chi connectivity index (χ1) is 12.1. The van der Waals surface area contributed by atoms with E-state index in [1.807, 2.05) is 69.3 Å². The van der Waals surface area contributed by atoms with Crippen LogP contribution in [-0.4, -0.2) is 21.3 Å². The van der Waals surface area contributed by atoms with Crippen LogP contribution in [-0.2, 0) is 0 Å². The van der Waals surface area contributed by atoms with E-state index in [1.54, 1.807) is 6.20 Å². The average molecular weight is 335 g/mol. The lowest BCUT2D eigenvalue weighted by Gasteiger charge is -2.15. The second-order valence-electron chi connectivity index (χ2n) is 5.89. The predicted molar refractivity (Wildman–Crippen MR) is 99.8 cm³/mol. The summed E-state index contributed by atoms with van der Waals surface area (Å²) >= 11 is 0. The number of para-hydroxylation sites is 3. The van der Waals surface area contributed by atoms with Crippen LogP contribution in [0.5, 0.6) is 5.75 Å². The summed E-state index contributed by atoms with van der Waals surface area (Å²) in [5, 5.41) is 14.5. The molecule has 0 aliphatic rings. The Labute approximate surface area is 147 Å². The first kappa shape index (κ1) is 16.7. The summed E-state index contributed by atoms with van der Waals surface area (Å²) in [6.07, 6.45) is 1.67. The van der Waals surface area contributed by atoms with Crippen molar-refractivity contribution in [3.05, 3.63) is 60.3 Å². The number of ether oxygens (including phenoxy) is 1. The zero-order valence-corrected chi connectivity index (χ0v) is 14.5. The molecule has 0 bridgehead atoms. The van der Waals surface area contributed by atoms with Gasteiger partial charge in [-0.15, -0.1) is 5.10 Å². The standard InChI is InChI=1S/C19H21N5O/c1-13(2)25-17-11-7-6-10-16(17)22-19-23-18(12-20-24-19)21-15-9-5-4-8-14(15)3/h4-13H,1-3H3,(H2,21,22,23,24). The molecule has 0 aliphatic carbocycles. The van der Waals surface area contributed by atoms with Crippen molar-refractivity contribution >= 4 is 23.1 Å². The van der Waals surface area contributed by atoms with Crippen molar-refractivity contribution in [3.63, 3.8) is 0 Å². The topological polar surface area (TPSA) is 72.0 Å². The third-order valence-electron chi connectivity index (χ3n) is 3.46. The third kappa shape index (κ3) is 4.44. The smallest absolute Gasteiger partial charge is 0.249 e. The van der Waals surface area contributed by atoms with E-state index in [0.717, 1.165) is 22.7 Å². The minimum Gasteiger partial charge on any atom is -0.489 e. The van der Waals surface area contributed by atoms with Gasteiger partial charge in [-0.2, -0.15) is 10.1 Å². The lowest BCUT2D eigenvalue weighted by atomic mass is 10.2. The summed E-state index contributed by atoms with van der Waals surface area (Å²) < 4.78 is 5.81. The van der Waals surface area contributed by atoms with Crippen molar-refractivity contribution in [2.75, 3.05) is 10.6 Å². The van der Waals surface area contributed by atoms with Gasteiger partial charge in [0.2, 0.25) is 5.95 Å². The van der Waals surface area contributed by atoms with E-state index in [1.165, 1.54) is 0 Å². The molecule has 6 nitrogen and oxygen atoms in total. The molecule has 0 spiro atoms. The Hall–Kier alpha value is -3.15. The molecule has 0 saturated heterocycles. The van der Waals surface area contributed by atoms with Crippen LogP contribution in [0.2, 0.25) is 0 Å². The van der Waals surface area contributed by atoms with Crippen LogP contribution in [0.3, 0.4) is 0 Å². The number of nitrogens with one attached hydrogen (secondary N) is 2. The zero-order chi connectivity index (χ0) is 17.6. The van der Waals surface area contributed by atoms with E-state index in [0.29, 0.717) is 11.8 Å². The Morgan fingerprint density at radius 3 is 2.40 bits per heavy atom. The van der Waals surface area contributed by atoms with Gasteiger partial charge in [0, 0.05) is 5.69 Å². The van der Waals surface area contributed by atoms with Crippen LogP contribution in [0.1, 0.15) is 19.4 Å². The summed E-state index contributed by atoms with van der Waals surface area (Å²) in [4.78, 5) is 4.47. The van der Waals surface area contributed by atoms with E-state index in [2.05, 4.69) is 25.8 Å². The summed E-state index contributed by atoms with van der Waals surface area (Å²) in [6, 6.07) is 15.7. The van der Waals surface area contributed by atoms with E-state index < -0.39 is 0 Å². The van der Waals surface area contributed by atoms with Crippen molar-refractivity contribution in [1.82, 2.24) is 15.2 Å². The minimum atomic E-state index is 0.0797. The highest BCUT2D eigenvalue weighted by atomic mass is 16.5. The molecule has 25 heavy (non-hydrogen) atoms. The molecular formula is C19H21N5O. The fourth-order valence-corrected chi connectivity index (χ4v) is 2.31. The van der Waals surface area contributed by atoms with E-state index in [9.17, 15) is 0 Å². The van der Waals surface area contributed by atoms with Gasteiger partial charge in [-0.3, -0.25) is 0 Å². The van der Waals surface area contributed by atoms with E-state index >= 15 is 0 Å². The second-order valence-corrected chi connectivity index (χ2v) is 5.89. The maximum atomic E-state index is 5.81. The molecule has 0 aliphatic heterocycles. The maximum Gasteiger partial charge on any atom is 0.249 e. The monoisotopic (exact) mass is 335 g/mol. The van der Waals surface area contributed by atoms with Crippen LogP contribution in [0.4, 0.5) is 23.1 Å². The number of benzene rings is 2. The Kier molecular flexibility index (Phi) is 5.09. The van der Waals surface area contributed by atoms with Gasteiger partial charge in [0.25, 0.3) is 0 Å². The largest absolute Gasteiger partial charge is 0.489 e. The molecular weight excluding hydrogens is 314 g/mol. The molecule has 6 heteroatoms. The van der Waals surface area contributed by atoms with Crippen molar-refractivity contribution in [3.8, 4) is 5.75 Å². The lowest BCUT2D eigenvalue weighted by molar-refractivity contribution is 0.244. The number of aryl methyl sites for hydroxylation is 1.